The maximum absolute atomic E-state index is 5.23. The minimum absolute atomic E-state index is 0.832. The third kappa shape index (κ3) is 4.90. The molecule has 0 N–H and O–H groups in total. The van der Waals surface area contributed by atoms with Crippen LogP contribution in [0.1, 0.15) is 5.56 Å². The van der Waals surface area contributed by atoms with Crippen LogP contribution >= 0.6 is 11.8 Å². The van der Waals surface area contributed by atoms with Crippen LogP contribution in [0.15, 0.2) is 89.9 Å². The standard InChI is InChI=1S/C22H22N2OS/c1-24(20-11-7-4-8-12-20)22(26-17-18-9-5-3-6-10-18)23-19-13-15-21(25-2)16-14-19/h3-16H,17H2,1-2H3. The Morgan fingerprint density at radius 1 is 0.885 bits per heavy atom. The Bertz CT molecular complexity index is 833. The molecule has 0 unspecified atom stereocenters. The molecule has 0 amide bonds. The van der Waals surface area contributed by atoms with Gasteiger partial charge in [0.25, 0.3) is 0 Å². The second-order valence-corrected chi connectivity index (χ2v) is 6.70. The molecular formula is C22H22N2OS. The number of thioether (sulfide) groups is 1. The second kappa shape index (κ2) is 9.11. The van der Waals surface area contributed by atoms with Gasteiger partial charge in [-0.05, 0) is 42.0 Å². The first kappa shape index (κ1) is 18.1. The van der Waals surface area contributed by atoms with Crippen LogP contribution in [-0.4, -0.2) is 19.3 Å². The summed E-state index contributed by atoms with van der Waals surface area (Å²) >= 11 is 1.73. The van der Waals surface area contributed by atoms with Crippen molar-refractivity contribution in [1.82, 2.24) is 0 Å². The summed E-state index contributed by atoms with van der Waals surface area (Å²) < 4.78 is 5.23. The number of hydrogen-bond acceptors (Lipinski definition) is 3. The second-order valence-electron chi connectivity index (χ2n) is 5.76. The number of ether oxygens (including phenoxy) is 1. The first-order valence-electron chi connectivity index (χ1n) is 8.44. The molecule has 0 atom stereocenters. The molecule has 3 nitrogen and oxygen atoms in total. The lowest BCUT2D eigenvalue weighted by Gasteiger charge is -2.21. The van der Waals surface area contributed by atoms with Crippen molar-refractivity contribution in [3.05, 3.63) is 90.5 Å². The molecule has 0 spiro atoms. The lowest BCUT2D eigenvalue weighted by atomic mass is 10.2. The van der Waals surface area contributed by atoms with E-state index < -0.39 is 0 Å². The Labute approximate surface area is 159 Å². The zero-order chi connectivity index (χ0) is 18.2. The summed E-state index contributed by atoms with van der Waals surface area (Å²) in [6.07, 6.45) is 0. The fourth-order valence-corrected chi connectivity index (χ4v) is 3.41. The molecule has 3 rings (SSSR count). The van der Waals surface area contributed by atoms with Crippen molar-refractivity contribution in [1.29, 1.82) is 0 Å². The number of rotatable bonds is 5. The van der Waals surface area contributed by atoms with Gasteiger partial charge in [-0.25, -0.2) is 4.99 Å². The summed E-state index contributed by atoms with van der Waals surface area (Å²) in [5, 5.41) is 0.949. The molecular weight excluding hydrogens is 340 g/mol. The third-order valence-corrected chi connectivity index (χ3v) is 5.04. The highest BCUT2D eigenvalue weighted by molar-refractivity contribution is 8.13. The monoisotopic (exact) mass is 362 g/mol. The predicted molar refractivity (Wildman–Crippen MR) is 113 cm³/mol. The minimum atomic E-state index is 0.832. The SMILES string of the molecule is COc1ccc(N=C(SCc2ccccc2)N(C)c2ccccc2)cc1. The highest BCUT2D eigenvalue weighted by atomic mass is 32.2. The molecule has 0 saturated heterocycles. The fraction of sp³-hybridized carbons (Fsp3) is 0.136. The van der Waals surface area contributed by atoms with Gasteiger partial charge in [-0.15, -0.1) is 0 Å². The van der Waals surface area contributed by atoms with Crippen LogP contribution in [0.3, 0.4) is 0 Å². The molecule has 0 aromatic heterocycles. The van der Waals surface area contributed by atoms with Gasteiger partial charge in [0.1, 0.15) is 5.75 Å². The summed E-state index contributed by atoms with van der Waals surface area (Å²) in [6, 6.07) is 28.5. The zero-order valence-electron chi connectivity index (χ0n) is 15.0. The van der Waals surface area contributed by atoms with Gasteiger partial charge in [0.2, 0.25) is 0 Å². The Balaban J connectivity index is 1.85. The van der Waals surface area contributed by atoms with E-state index in [4.69, 9.17) is 9.73 Å². The van der Waals surface area contributed by atoms with Crippen molar-refractivity contribution in [3.8, 4) is 5.75 Å². The van der Waals surface area contributed by atoms with Crippen molar-refractivity contribution in [2.75, 3.05) is 19.1 Å². The van der Waals surface area contributed by atoms with Crippen molar-refractivity contribution in [2.24, 2.45) is 4.99 Å². The maximum atomic E-state index is 5.23. The van der Waals surface area contributed by atoms with Gasteiger partial charge < -0.3 is 9.64 Å². The van der Waals surface area contributed by atoms with E-state index in [1.807, 2.05) is 48.5 Å². The van der Waals surface area contributed by atoms with Crippen LogP contribution in [0.5, 0.6) is 5.75 Å². The van der Waals surface area contributed by atoms with E-state index in [0.29, 0.717) is 0 Å². The lowest BCUT2D eigenvalue weighted by Crippen LogP contribution is -2.23. The number of benzene rings is 3. The van der Waals surface area contributed by atoms with Gasteiger partial charge in [-0.1, -0.05) is 60.3 Å². The van der Waals surface area contributed by atoms with Crippen molar-refractivity contribution >= 4 is 28.3 Å². The number of nitrogens with zero attached hydrogens (tertiary/aromatic N) is 2. The van der Waals surface area contributed by atoms with E-state index in [1.54, 1.807) is 18.9 Å². The van der Waals surface area contributed by atoms with E-state index in [0.717, 1.165) is 28.0 Å². The zero-order valence-corrected chi connectivity index (χ0v) is 15.8. The van der Waals surface area contributed by atoms with Crippen LogP contribution in [-0.2, 0) is 5.75 Å². The van der Waals surface area contributed by atoms with Gasteiger partial charge in [-0.3, -0.25) is 0 Å². The molecule has 0 fully saturated rings. The number of methoxy groups -OCH3 is 1. The van der Waals surface area contributed by atoms with Crippen molar-refractivity contribution in [3.63, 3.8) is 0 Å². The van der Waals surface area contributed by atoms with Crippen LogP contribution in [0, 0.1) is 0 Å². The van der Waals surface area contributed by atoms with Gasteiger partial charge in [0, 0.05) is 18.5 Å². The molecule has 3 aromatic rings. The summed E-state index contributed by atoms with van der Waals surface area (Å²) in [5.74, 6) is 1.70. The highest BCUT2D eigenvalue weighted by Gasteiger charge is 2.10. The average molecular weight is 362 g/mol. The number of hydrogen-bond donors (Lipinski definition) is 0. The normalized spacial score (nSPS) is 11.2. The quantitative estimate of drug-likeness (QED) is 0.426. The molecule has 0 bridgehead atoms. The number of amidine groups is 1. The molecule has 0 aliphatic heterocycles. The predicted octanol–water partition coefficient (Wildman–Crippen LogP) is 5.75. The van der Waals surface area contributed by atoms with Crippen LogP contribution in [0.4, 0.5) is 11.4 Å². The van der Waals surface area contributed by atoms with Gasteiger partial charge in [0.05, 0.1) is 12.8 Å². The number of para-hydroxylation sites is 1. The van der Waals surface area contributed by atoms with E-state index in [1.165, 1.54) is 5.56 Å². The number of aliphatic imine (C=N–C) groups is 1. The minimum Gasteiger partial charge on any atom is -0.497 e. The molecule has 26 heavy (non-hydrogen) atoms. The molecule has 132 valence electrons. The van der Waals surface area contributed by atoms with Crippen molar-refractivity contribution in [2.45, 2.75) is 5.75 Å². The first-order chi connectivity index (χ1) is 12.8. The Hall–Kier alpha value is -2.72. The molecule has 3 aromatic carbocycles. The van der Waals surface area contributed by atoms with Crippen LogP contribution in [0.2, 0.25) is 0 Å². The van der Waals surface area contributed by atoms with Crippen molar-refractivity contribution < 1.29 is 4.74 Å². The van der Waals surface area contributed by atoms with Crippen LogP contribution in [0.25, 0.3) is 0 Å². The summed E-state index contributed by atoms with van der Waals surface area (Å²) in [5.41, 5.74) is 3.30. The molecule has 4 heteroatoms. The molecule has 0 aliphatic carbocycles. The van der Waals surface area contributed by atoms with Gasteiger partial charge in [-0.2, -0.15) is 0 Å². The van der Waals surface area contributed by atoms with E-state index in [-0.39, 0.29) is 0 Å². The Morgan fingerprint density at radius 2 is 1.50 bits per heavy atom. The van der Waals surface area contributed by atoms with E-state index in [2.05, 4.69) is 48.3 Å². The Kier molecular flexibility index (Phi) is 6.34. The van der Waals surface area contributed by atoms with Gasteiger partial charge in [0.15, 0.2) is 5.17 Å². The Morgan fingerprint density at radius 3 is 2.12 bits per heavy atom. The number of anilines is 1. The summed E-state index contributed by atoms with van der Waals surface area (Å²) in [6.45, 7) is 0. The fourth-order valence-electron chi connectivity index (χ4n) is 2.46. The van der Waals surface area contributed by atoms with E-state index in [9.17, 15) is 0 Å². The first-order valence-corrected chi connectivity index (χ1v) is 9.43. The summed E-state index contributed by atoms with van der Waals surface area (Å²) in [7, 11) is 3.72. The average Bonchev–Trinajstić information content (AvgIpc) is 2.72. The van der Waals surface area contributed by atoms with Gasteiger partial charge >= 0.3 is 0 Å². The van der Waals surface area contributed by atoms with E-state index >= 15 is 0 Å². The summed E-state index contributed by atoms with van der Waals surface area (Å²) in [4.78, 5) is 7.00. The largest absolute Gasteiger partial charge is 0.497 e. The molecule has 0 saturated carbocycles. The smallest absolute Gasteiger partial charge is 0.168 e. The highest BCUT2D eigenvalue weighted by Crippen LogP contribution is 2.25. The molecule has 0 radical (unpaired) electrons. The lowest BCUT2D eigenvalue weighted by molar-refractivity contribution is 0.415. The maximum Gasteiger partial charge on any atom is 0.168 e. The molecule has 0 heterocycles. The topological polar surface area (TPSA) is 24.8 Å². The molecule has 0 aliphatic rings. The van der Waals surface area contributed by atoms with Crippen LogP contribution < -0.4 is 9.64 Å². The third-order valence-electron chi connectivity index (χ3n) is 3.94.